The van der Waals surface area contributed by atoms with Crippen molar-refractivity contribution < 1.29 is 9.53 Å². The lowest BCUT2D eigenvalue weighted by atomic mass is 10.2. The topological polar surface area (TPSA) is 73.2 Å². The number of aromatic nitrogens is 2. The summed E-state index contributed by atoms with van der Waals surface area (Å²) in [6.07, 6.45) is 2.39. The van der Waals surface area contributed by atoms with Gasteiger partial charge in [0.2, 0.25) is 5.91 Å². The maximum Gasteiger partial charge on any atom is 0.261 e. The molecule has 6 nitrogen and oxygen atoms in total. The van der Waals surface area contributed by atoms with Crippen LogP contribution in [-0.2, 0) is 17.8 Å². The lowest BCUT2D eigenvalue weighted by molar-refractivity contribution is -0.116. The molecule has 1 amide bonds. The van der Waals surface area contributed by atoms with Gasteiger partial charge in [0.25, 0.3) is 5.56 Å². The van der Waals surface area contributed by atoms with E-state index in [9.17, 15) is 9.59 Å². The SMILES string of the molecule is O=C(CCn1cnc2ccc(Br)cc2c1=O)Nc1ccccc1OCCc1ccccc1. The molecule has 0 unspecified atom stereocenters. The third-order valence-electron chi connectivity index (χ3n) is 5.02. The Morgan fingerprint density at radius 3 is 2.66 bits per heavy atom. The number of fused-ring (bicyclic) bond motifs is 1. The van der Waals surface area contributed by atoms with Crippen LogP contribution in [0, 0.1) is 0 Å². The molecule has 4 aromatic rings. The highest BCUT2D eigenvalue weighted by molar-refractivity contribution is 9.10. The summed E-state index contributed by atoms with van der Waals surface area (Å²) in [4.78, 5) is 29.6. The Morgan fingerprint density at radius 2 is 1.81 bits per heavy atom. The number of aryl methyl sites for hydroxylation is 1. The van der Waals surface area contributed by atoms with Gasteiger partial charge < -0.3 is 10.1 Å². The molecular formula is C25H22BrN3O3. The number of carbonyl (C=O) groups excluding carboxylic acids is 1. The number of hydrogen-bond donors (Lipinski definition) is 1. The van der Waals surface area contributed by atoms with Crippen LogP contribution in [0.1, 0.15) is 12.0 Å². The highest BCUT2D eigenvalue weighted by Crippen LogP contribution is 2.24. The van der Waals surface area contributed by atoms with Crippen molar-refractivity contribution in [3.05, 3.63) is 99.5 Å². The zero-order chi connectivity index (χ0) is 22.3. The third kappa shape index (κ3) is 5.42. The van der Waals surface area contributed by atoms with Crippen LogP contribution in [0.2, 0.25) is 0 Å². The van der Waals surface area contributed by atoms with E-state index in [4.69, 9.17) is 4.74 Å². The Balaban J connectivity index is 1.37. The van der Waals surface area contributed by atoms with Crippen LogP contribution in [0.4, 0.5) is 5.69 Å². The van der Waals surface area contributed by atoms with Crippen LogP contribution in [0.15, 0.2) is 88.4 Å². The second-order valence-electron chi connectivity index (χ2n) is 7.28. The Hall–Kier alpha value is -3.45. The zero-order valence-electron chi connectivity index (χ0n) is 17.3. The van der Waals surface area contributed by atoms with E-state index in [1.165, 1.54) is 16.5 Å². The van der Waals surface area contributed by atoms with E-state index in [0.717, 1.165) is 10.9 Å². The van der Waals surface area contributed by atoms with Crippen molar-refractivity contribution in [1.29, 1.82) is 0 Å². The lowest BCUT2D eigenvalue weighted by Gasteiger charge is -2.13. The average molecular weight is 492 g/mol. The van der Waals surface area contributed by atoms with E-state index in [1.807, 2.05) is 42.5 Å². The molecular weight excluding hydrogens is 470 g/mol. The van der Waals surface area contributed by atoms with Gasteiger partial charge in [0.05, 0.1) is 29.5 Å². The summed E-state index contributed by atoms with van der Waals surface area (Å²) in [6.45, 7) is 0.738. The van der Waals surface area contributed by atoms with Gasteiger partial charge in [-0.2, -0.15) is 0 Å². The number of halogens is 1. The number of carbonyl (C=O) groups is 1. The number of nitrogens with one attached hydrogen (secondary N) is 1. The predicted octanol–water partition coefficient (Wildman–Crippen LogP) is 4.81. The van der Waals surface area contributed by atoms with Crippen molar-refractivity contribution in [2.24, 2.45) is 0 Å². The second-order valence-corrected chi connectivity index (χ2v) is 8.20. The minimum absolute atomic E-state index is 0.138. The predicted molar refractivity (Wildman–Crippen MR) is 129 cm³/mol. The number of amides is 1. The highest BCUT2D eigenvalue weighted by Gasteiger charge is 2.10. The van der Waals surface area contributed by atoms with Gasteiger partial charge in [-0.25, -0.2) is 4.98 Å². The summed E-state index contributed by atoms with van der Waals surface area (Å²) in [7, 11) is 0. The van der Waals surface area contributed by atoms with Gasteiger partial charge in [0.1, 0.15) is 5.75 Å². The smallest absolute Gasteiger partial charge is 0.261 e. The Labute approximate surface area is 194 Å². The lowest BCUT2D eigenvalue weighted by Crippen LogP contribution is -2.23. The zero-order valence-corrected chi connectivity index (χ0v) is 18.9. The molecule has 0 fully saturated rings. The van der Waals surface area contributed by atoms with E-state index in [0.29, 0.717) is 28.9 Å². The molecule has 4 rings (SSSR count). The maximum atomic E-state index is 12.7. The van der Waals surface area contributed by atoms with Crippen LogP contribution in [-0.4, -0.2) is 22.1 Å². The Bertz CT molecular complexity index is 1290. The molecule has 1 aromatic heterocycles. The van der Waals surface area contributed by atoms with Crippen molar-refractivity contribution in [3.8, 4) is 5.75 Å². The highest BCUT2D eigenvalue weighted by atomic mass is 79.9. The number of hydrogen-bond acceptors (Lipinski definition) is 4. The molecule has 0 aliphatic heterocycles. The first kappa shape index (κ1) is 21.8. The number of anilines is 1. The fourth-order valence-corrected chi connectivity index (χ4v) is 3.71. The largest absolute Gasteiger partial charge is 0.491 e. The normalized spacial score (nSPS) is 10.8. The molecule has 0 saturated heterocycles. The van der Waals surface area contributed by atoms with Crippen molar-refractivity contribution in [2.75, 3.05) is 11.9 Å². The maximum absolute atomic E-state index is 12.7. The van der Waals surface area contributed by atoms with Gasteiger partial charge in [-0.05, 0) is 35.9 Å². The number of nitrogens with zero attached hydrogens (tertiary/aromatic N) is 2. The monoisotopic (exact) mass is 491 g/mol. The number of benzene rings is 3. The van der Waals surface area contributed by atoms with Crippen LogP contribution in [0.25, 0.3) is 10.9 Å². The molecule has 1 heterocycles. The fourth-order valence-electron chi connectivity index (χ4n) is 3.34. The first-order chi connectivity index (χ1) is 15.6. The summed E-state index contributed by atoms with van der Waals surface area (Å²) in [5.41, 5.74) is 2.25. The van der Waals surface area contributed by atoms with Gasteiger partial charge >= 0.3 is 0 Å². The summed E-state index contributed by atoms with van der Waals surface area (Å²) in [5.74, 6) is 0.413. The summed E-state index contributed by atoms with van der Waals surface area (Å²) >= 11 is 3.38. The second kappa shape index (κ2) is 10.2. The van der Waals surface area contributed by atoms with Gasteiger partial charge in [-0.15, -0.1) is 0 Å². The fraction of sp³-hybridized carbons (Fsp3) is 0.160. The van der Waals surface area contributed by atoms with Crippen LogP contribution in [0.3, 0.4) is 0 Å². The van der Waals surface area contributed by atoms with E-state index in [-0.39, 0.29) is 24.4 Å². The van der Waals surface area contributed by atoms with Crippen molar-refractivity contribution >= 4 is 38.4 Å². The molecule has 0 atom stereocenters. The van der Waals surface area contributed by atoms with Gasteiger partial charge in [-0.1, -0.05) is 58.4 Å². The summed E-state index contributed by atoms with van der Waals surface area (Å²) < 4.78 is 8.16. The van der Waals surface area contributed by atoms with E-state index in [2.05, 4.69) is 38.4 Å². The van der Waals surface area contributed by atoms with Gasteiger partial charge in [0, 0.05) is 23.9 Å². The average Bonchev–Trinajstić information content (AvgIpc) is 2.81. The summed E-state index contributed by atoms with van der Waals surface area (Å²) in [6, 6.07) is 22.8. The Kier molecular flexibility index (Phi) is 6.97. The molecule has 0 bridgehead atoms. The molecule has 3 aromatic carbocycles. The molecule has 0 radical (unpaired) electrons. The van der Waals surface area contributed by atoms with Crippen LogP contribution in [0.5, 0.6) is 5.75 Å². The number of para-hydroxylation sites is 2. The quantitative estimate of drug-likeness (QED) is 0.383. The number of ether oxygens (including phenoxy) is 1. The standard InChI is InChI=1S/C25H22BrN3O3/c26-19-10-11-21-20(16-19)25(31)29(17-27-21)14-12-24(30)28-22-8-4-5-9-23(22)32-15-13-18-6-2-1-3-7-18/h1-11,16-17H,12-15H2,(H,28,30). The van der Waals surface area contributed by atoms with Gasteiger partial charge in [0.15, 0.2) is 0 Å². The molecule has 7 heteroatoms. The third-order valence-corrected chi connectivity index (χ3v) is 5.51. The molecule has 0 saturated carbocycles. The first-order valence-corrected chi connectivity index (χ1v) is 11.1. The molecule has 162 valence electrons. The van der Waals surface area contributed by atoms with E-state index in [1.54, 1.807) is 18.2 Å². The molecule has 1 N–H and O–H groups in total. The van der Waals surface area contributed by atoms with Crippen LogP contribution < -0.4 is 15.6 Å². The number of rotatable bonds is 8. The van der Waals surface area contributed by atoms with Crippen molar-refractivity contribution in [3.63, 3.8) is 0 Å². The minimum Gasteiger partial charge on any atom is -0.491 e. The first-order valence-electron chi connectivity index (χ1n) is 10.3. The summed E-state index contributed by atoms with van der Waals surface area (Å²) in [5, 5.41) is 3.40. The van der Waals surface area contributed by atoms with Crippen molar-refractivity contribution in [2.45, 2.75) is 19.4 Å². The minimum atomic E-state index is -0.203. The van der Waals surface area contributed by atoms with E-state index >= 15 is 0 Å². The van der Waals surface area contributed by atoms with Crippen molar-refractivity contribution in [1.82, 2.24) is 9.55 Å². The van der Waals surface area contributed by atoms with E-state index < -0.39 is 0 Å². The molecule has 0 aliphatic rings. The molecule has 0 aliphatic carbocycles. The van der Waals surface area contributed by atoms with Gasteiger partial charge in [-0.3, -0.25) is 14.2 Å². The van der Waals surface area contributed by atoms with Crippen LogP contribution >= 0.6 is 15.9 Å². The Morgan fingerprint density at radius 1 is 1.03 bits per heavy atom. The molecule has 32 heavy (non-hydrogen) atoms. The molecule has 0 spiro atoms.